The van der Waals surface area contributed by atoms with Crippen molar-refractivity contribution in [2.24, 2.45) is 0 Å². The fraction of sp³-hybridized carbons (Fsp3) is 0.600. The van der Waals surface area contributed by atoms with Crippen LogP contribution < -0.4 is 0 Å². The van der Waals surface area contributed by atoms with Gasteiger partial charge in [-0.1, -0.05) is 194 Å². The van der Waals surface area contributed by atoms with Crippen molar-refractivity contribution in [3.05, 3.63) is 34.9 Å². The van der Waals surface area contributed by atoms with Crippen molar-refractivity contribution in [3.8, 4) is 0 Å². The second-order valence-electron chi connectivity index (χ2n) is 5.87. The van der Waals surface area contributed by atoms with Crippen LogP contribution in [0.3, 0.4) is 0 Å². The summed E-state index contributed by atoms with van der Waals surface area (Å²) in [5.41, 5.74) is 0.677. The van der Waals surface area contributed by atoms with Crippen molar-refractivity contribution in [1.82, 2.24) is 0 Å². The molecule has 0 N–H and O–H groups in total. The summed E-state index contributed by atoms with van der Waals surface area (Å²) in [4.78, 5) is 0. The lowest BCUT2D eigenvalue weighted by Crippen LogP contribution is -2.47. The van der Waals surface area contributed by atoms with E-state index in [9.17, 15) is 0 Å². The van der Waals surface area contributed by atoms with E-state index in [1.807, 2.05) is 6.92 Å². The fourth-order valence-electron chi connectivity index (χ4n) is 2.39. The highest BCUT2D eigenvalue weighted by Crippen LogP contribution is 2.64. The molecule has 0 saturated heterocycles. The number of hydrogen-bond acceptors (Lipinski definition) is 0. The molecule has 0 heterocycles. The summed E-state index contributed by atoms with van der Waals surface area (Å²) in [5, 5.41) is 0. The molecule has 0 radical (unpaired) electrons. The highest BCUT2D eigenvalue weighted by molar-refractivity contribution is 6.79. The molecule has 0 aliphatic rings. The van der Waals surface area contributed by atoms with Gasteiger partial charge in [0, 0.05) is 0 Å². The average molecular weight is 687 g/mol. The Balaban J connectivity index is 3.87. The second-order valence-corrected chi connectivity index (χ2v) is 15.7. The summed E-state index contributed by atoms with van der Waals surface area (Å²) >= 11 is 86.6. The van der Waals surface area contributed by atoms with Crippen LogP contribution in [0.15, 0.2) is 18.2 Å². The minimum absolute atomic E-state index is 0.149. The van der Waals surface area contributed by atoms with E-state index in [0.717, 1.165) is 0 Å². The highest BCUT2D eigenvalue weighted by Gasteiger charge is 2.63. The maximum absolute atomic E-state index is 6.52. The lowest BCUT2D eigenvalue weighted by atomic mass is 9.91. The first-order valence-corrected chi connectivity index (χ1v) is 12.7. The molecule has 0 amide bonds. The lowest BCUT2D eigenvalue weighted by molar-refractivity contribution is 0.663. The Kier molecular flexibility index (Phi) is 10.6. The Morgan fingerprint density at radius 1 is 0.586 bits per heavy atom. The van der Waals surface area contributed by atoms with Crippen LogP contribution in [-0.4, -0.2) is 16.3 Å². The SMILES string of the molecule is CCCc1c(C(Cl)(Cl)C(Cl)(Cl)C(Cl)(Cl)Cl)cccc1C(Cl)(Cl)C(Cl)(Cl)C(Cl)(Cl)Cl. The van der Waals surface area contributed by atoms with Crippen molar-refractivity contribution >= 4 is 162 Å². The summed E-state index contributed by atoms with van der Waals surface area (Å²) in [5.74, 6) is 0. The molecule has 0 spiro atoms. The monoisotopic (exact) mass is 680 g/mol. The highest BCUT2D eigenvalue weighted by atomic mass is 35.6. The lowest BCUT2D eigenvalue weighted by Gasteiger charge is -2.42. The maximum atomic E-state index is 6.52. The van der Waals surface area contributed by atoms with Gasteiger partial charge in [-0.3, -0.25) is 0 Å². The largest absolute Gasteiger partial charge is 0.226 e. The van der Waals surface area contributed by atoms with Crippen molar-refractivity contribution in [2.75, 3.05) is 0 Å². The minimum atomic E-state index is -2.30. The zero-order valence-electron chi connectivity index (χ0n) is 13.9. The van der Waals surface area contributed by atoms with Gasteiger partial charge >= 0.3 is 0 Å². The van der Waals surface area contributed by atoms with Crippen molar-refractivity contribution in [2.45, 2.75) is 44.7 Å². The van der Waals surface area contributed by atoms with Crippen molar-refractivity contribution < 1.29 is 0 Å². The van der Waals surface area contributed by atoms with Gasteiger partial charge in [-0.2, -0.15) is 0 Å². The van der Waals surface area contributed by atoms with Gasteiger partial charge in [0.2, 0.25) is 16.3 Å². The minimum Gasteiger partial charge on any atom is -0.0930 e. The molecule has 0 saturated carbocycles. The summed E-state index contributed by atoms with van der Waals surface area (Å²) in [6, 6.07) is 4.51. The number of halogens is 14. The van der Waals surface area contributed by atoms with Gasteiger partial charge in [0.15, 0.2) is 8.67 Å². The van der Waals surface area contributed by atoms with E-state index in [0.29, 0.717) is 18.4 Å². The van der Waals surface area contributed by atoms with Crippen molar-refractivity contribution in [3.63, 3.8) is 0 Å². The Bertz CT molecular complexity index is 669. The smallest absolute Gasteiger partial charge is 0.0930 e. The summed E-state index contributed by atoms with van der Waals surface area (Å²) in [6.07, 6.45) is 0.899. The predicted molar refractivity (Wildman–Crippen MR) is 137 cm³/mol. The first-order valence-electron chi connectivity index (χ1n) is 7.45. The van der Waals surface area contributed by atoms with E-state index in [-0.39, 0.29) is 11.1 Å². The third-order valence-corrected chi connectivity index (χ3v) is 11.7. The molecule has 1 aromatic rings. The summed E-state index contributed by atoms with van der Waals surface area (Å²) in [6.45, 7) is 1.86. The van der Waals surface area contributed by atoms with E-state index in [1.54, 1.807) is 0 Å². The average Bonchev–Trinajstić information content (AvgIpc) is 2.52. The van der Waals surface area contributed by atoms with Crippen LogP contribution >= 0.6 is 162 Å². The molecule has 0 nitrogen and oxygen atoms in total. The Labute approximate surface area is 239 Å². The first kappa shape index (κ1) is 30.3. The van der Waals surface area contributed by atoms with Gasteiger partial charge in [-0.05, 0) is 23.1 Å². The van der Waals surface area contributed by atoms with Crippen LogP contribution in [-0.2, 0) is 15.1 Å². The third kappa shape index (κ3) is 5.75. The Morgan fingerprint density at radius 3 is 1.14 bits per heavy atom. The molecule has 0 aromatic heterocycles. The number of hydrogen-bond donors (Lipinski definition) is 0. The first-order chi connectivity index (χ1) is 12.7. The van der Waals surface area contributed by atoms with Crippen LogP contribution in [0.25, 0.3) is 0 Å². The molecule has 14 heteroatoms. The molecule has 0 aliphatic heterocycles. The maximum Gasteiger partial charge on any atom is 0.226 e. The molecule has 0 unspecified atom stereocenters. The van der Waals surface area contributed by atoms with Crippen LogP contribution in [0.5, 0.6) is 0 Å². The predicted octanol–water partition coefficient (Wildman–Crippen LogP) is 11.0. The molecular weight excluding hydrogens is 677 g/mol. The second kappa shape index (κ2) is 10.1. The quantitative estimate of drug-likeness (QED) is 0.261. The van der Waals surface area contributed by atoms with E-state index in [2.05, 4.69) is 0 Å². The van der Waals surface area contributed by atoms with Crippen LogP contribution in [0, 0.1) is 0 Å². The van der Waals surface area contributed by atoms with Gasteiger partial charge in [-0.25, -0.2) is 0 Å². The molecule has 1 rings (SSSR count). The molecular formula is C15H10Cl14. The van der Waals surface area contributed by atoms with Gasteiger partial charge in [0.05, 0.1) is 0 Å². The summed E-state index contributed by atoms with van der Waals surface area (Å²) < 4.78 is -13.5. The molecule has 0 aliphatic carbocycles. The molecule has 1 aromatic carbocycles. The molecule has 0 fully saturated rings. The van der Waals surface area contributed by atoms with Gasteiger partial charge in [-0.15, -0.1) is 0 Å². The van der Waals surface area contributed by atoms with Crippen molar-refractivity contribution in [1.29, 1.82) is 0 Å². The topological polar surface area (TPSA) is 0 Å². The van der Waals surface area contributed by atoms with E-state index < -0.39 is 24.9 Å². The number of rotatable bonds is 6. The van der Waals surface area contributed by atoms with Crippen LogP contribution in [0.1, 0.15) is 30.0 Å². The van der Waals surface area contributed by atoms with E-state index in [1.165, 1.54) is 18.2 Å². The normalized spacial score (nSPS) is 15.0. The van der Waals surface area contributed by atoms with E-state index in [4.69, 9.17) is 162 Å². The third-order valence-electron chi connectivity index (χ3n) is 3.85. The van der Waals surface area contributed by atoms with Gasteiger partial charge < -0.3 is 0 Å². The Hall–Kier alpha value is 3.28. The molecule has 168 valence electrons. The van der Waals surface area contributed by atoms with E-state index >= 15 is 0 Å². The van der Waals surface area contributed by atoms with Crippen LogP contribution in [0.4, 0.5) is 0 Å². The zero-order chi connectivity index (χ0) is 23.3. The fourth-order valence-corrected chi connectivity index (χ4v) is 5.50. The summed E-state index contributed by atoms with van der Waals surface area (Å²) in [7, 11) is 0. The number of alkyl halides is 14. The molecule has 0 bridgehead atoms. The van der Waals surface area contributed by atoms with Crippen LogP contribution in [0.2, 0.25) is 0 Å². The van der Waals surface area contributed by atoms with Gasteiger partial charge in [0.1, 0.15) is 0 Å². The standard InChI is InChI=1S/C15H10Cl14/c1-2-4-7-8(10(16,17)12(20,21)14(24,25)26)5-3-6-9(7)11(18,19)13(22,23)15(27,28)29/h3,5-6H,2,4H2,1H3. The molecule has 29 heavy (non-hydrogen) atoms. The Morgan fingerprint density at radius 2 is 0.897 bits per heavy atom. The molecule has 0 atom stereocenters. The number of benzene rings is 1. The zero-order valence-corrected chi connectivity index (χ0v) is 24.5. The van der Waals surface area contributed by atoms with Gasteiger partial charge in [0.25, 0.3) is 0 Å².